The van der Waals surface area contributed by atoms with Gasteiger partial charge < -0.3 is 14.6 Å². The van der Waals surface area contributed by atoms with Gasteiger partial charge in [-0.2, -0.15) is 15.3 Å². The summed E-state index contributed by atoms with van der Waals surface area (Å²) in [6, 6.07) is 0. The third-order valence-electron chi connectivity index (χ3n) is 4.21. The van der Waals surface area contributed by atoms with Gasteiger partial charge in [-0.15, -0.1) is 24.0 Å². The Kier molecular flexibility index (Phi) is 20.3. The van der Waals surface area contributed by atoms with Crippen LogP contribution in [0.15, 0.2) is 18.6 Å². The number of nitrogens with zero attached hydrogens (tertiary/aromatic N) is 3. The summed E-state index contributed by atoms with van der Waals surface area (Å²) in [6.07, 6.45) is 4.72. The first-order valence-electron chi connectivity index (χ1n) is 11.1. The van der Waals surface area contributed by atoms with Gasteiger partial charge in [-0.25, -0.2) is 4.79 Å². The molecule has 0 spiro atoms. The van der Waals surface area contributed by atoms with Crippen molar-refractivity contribution in [1.82, 2.24) is 30.6 Å². The number of H-pyrrole nitrogens is 3. The van der Waals surface area contributed by atoms with E-state index in [1.165, 1.54) is 13.1 Å². The van der Waals surface area contributed by atoms with Gasteiger partial charge >= 0.3 is 11.9 Å². The summed E-state index contributed by atoms with van der Waals surface area (Å²) in [5.41, 5.74) is 5.18. The van der Waals surface area contributed by atoms with E-state index in [1.807, 2.05) is 13.8 Å². The van der Waals surface area contributed by atoms with Gasteiger partial charge in [-0.3, -0.25) is 24.9 Å². The summed E-state index contributed by atoms with van der Waals surface area (Å²) in [7, 11) is 0. The van der Waals surface area contributed by atoms with Crippen molar-refractivity contribution in [3.63, 3.8) is 0 Å². The zero-order valence-corrected chi connectivity index (χ0v) is 23.5. The molecule has 14 heteroatoms. The molecule has 208 valence electrons. The van der Waals surface area contributed by atoms with Crippen LogP contribution in [0.2, 0.25) is 0 Å². The summed E-state index contributed by atoms with van der Waals surface area (Å²) >= 11 is 5.51. The van der Waals surface area contributed by atoms with Gasteiger partial charge in [-0.05, 0) is 41.5 Å². The summed E-state index contributed by atoms with van der Waals surface area (Å²) < 4.78 is 9.26. The number of ketones is 1. The van der Waals surface area contributed by atoms with Crippen LogP contribution in [0.25, 0.3) is 0 Å². The molecular formula is C23H36Cl2N6O6. The van der Waals surface area contributed by atoms with Crippen LogP contribution in [0.1, 0.15) is 65.8 Å². The lowest BCUT2D eigenvalue weighted by Crippen LogP contribution is -2.07. The lowest BCUT2D eigenvalue weighted by molar-refractivity contribution is -0.145. The Balaban J connectivity index is 0. The maximum atomic E-state index is 11.0. The van der Waals surface area contributed by atoms with Gasteiger partial charge in [0.2, 0.25) is 0 Å². The molecule has 0 radical (unpaired) electrons. The molecular weight excluding hydrogens is 527 g/mol. The maximum absolute atomic E-state index is 11.0. The molecule has 0 bridgehead atoms. The van der Waals surface area contributed by atoms with Gasteiger partial charge in [0.15, 0.2) is 0 Å². The lowest BCUT2D eigenvalue weighted by Gasteiger charge is -1.97. The first-order chi connectivity index (χ1) is 17.1. The number of nitrogens with one attached hydrogen (secondary N) is 3. The second-order valence-corrected chi connectivity index (χ2v) is 7.41. The van der Waals surface area contributed by atoms with Gasteiger partial charge in [0.05, 0.1) is 44.3 Å². The fourth-order valence-corrected chi connectivity index (χ4v) is 2.50. The number of ether oxygens (including phenoxy) is 2. The Morgan fingerprint density at radius 3 is 1.65 bits per heavy atom. The number of aromatic nitrogens is 6. The number of carbonyl (C=O) groups is 3. The highest BCUT2D eigenvalue weighted by Gasteiger charge is 2.10. The number of hydrogen-bond donors (Lipinski definition) is 4. The number of aliphatic hydroxyl groups excluding tert-OH is 1. The van der Waals surface area contributed by atoms with Crippen LogP contribution in [0.4, 0.5) is 0 Å². The van der Waals surface area contributed by atoms with Crippen LogP contribution < -0.4 is 0 Å². The SMILES string of the molecule is CCOC(=O)CC(C)=O.CCOC(=O)c1cn[nH]c1C.Cc1[nH]ncc1CCl.Cc1[nH]ncc1CO.Cl. The molecule has 4 N–H and O–H groups in total. The quantitative estimate of drug-likeness (QED) is 0.190. The molecule has 3 heterocycles. The highest BCUT2D eigenvalue weighted by molar-refractivity contribution is 6.17. The molecule has 3 aromatic heterocycles. The number of carbonyl (C=O) groups excluding carboxylic acids is 3. The number of halogens is 2. The second-order valence-electron chi connectivity index (χ2n) is 7.15. The van der Waals surface area contributed by atoms with Crippen molar-refractivity contribution in [3.05, 3.63) is 52.4 Å². The van der Waals surface area contributed by atoms with Gasteiger partial charge in [0.25, 0.3) is 0 Å². The minimum Gasteiger partial charge on any atom is -0.466 e. The molecule has 37 heavy (non-hydrogen) atoms. The zero-order chi connectivity index (χ0) is 27.5. The van der Waals surface area contributed by atoms with Crippen molar-refractivity contribution >= 4 is 41.7 Å². The molecule has 0 saturated carbocycles. The molecule has 0 aromatic carbocycles. The standard InChI is InChI=1S/C7H10N2O2.C6H10O3.C5H7ClN2.C5H8N2O.ClH/c1-3-11-7(10)6-4-8-9-5(6)2;1-3-9-6(8)4-5(2)7;1-4-5(2-6)3-7-8-4;1-4-5(3-8)2-6-7-4;/h4H,3H2,1-2H3,(H,8,9);3-4H2,1-2H3;3H,2H2,1H3,(H,7,8);2,8H,3H2,1H3,(H,6,7);1H. The number of rotatable bonds is 7. The highest BCUT2D eigenvalue weighted by Crippen LogP contribution is 2.05. The number of hydrogen-bond acceptors (Lipinski definition) is 9. The number of aliphatic hydroxyl groups is 1. The largest absolute Gasteiger partial charge is 0.466 e. The molecule has 0 unspecified atom stereocenters. The van der Waals surface area contributed by atoms with E-state index < -0.39 is 5.97 Å². The number of aryl methyl sites for hydroxylation is 3. The monoisotopic (exact) mass is 562 g/mol. The molecule has 0 fully saturated rings. The maximum Gasteiger partial charge on any atom is 0.341 e. The molecule has 3 aromatic rings. The fraction of sp³-hybridized carbons (Fsp3) is 0.478. The van der Waals surface area contributed by atoms with Crippen LogP contribution in [0.3, 0.4) is 0 Å². The normalized spacial score (nSPS) is 9.19. The summed E-state index contributed by atoms with van der Waals surface area (Å²) in [5, 5.41) is 27.9. The average Bonchev–Trinajstić information content (AvgIpc) is 3.55. The Morgan fingerprint density at radius 1 is 0.865 bits per heavy atom. The third-order valence-corrected chi connectivity index (χ3v) is 4.49. The molecule has 12 nitrogen and oxygen atoms in total. The average molecular weight is 563 g/mol. The molecule has 0 amide bonds. The molecule has 0 aliphatic carbocycles. The molecule has 0 atom stereocenters. The lowest BCUT2D eigenvalue weighted by atomic mass is 10.3. The van der Waals surface area contributed by atoms with Crippen molar-refractivity contribution in [2.45, 2.75) is 60.5 Å². The van der Waals surface area contributed by atoms with Crippen molar-refractivity contribution in [2.24, 2.45) is 0 Å². The van der Waals surface area contributed by atoms with Crippen LogP contribution in [-0.4, -0.2) is 66.6 Å². The Bertz CT molecular complexity index is 1010. The number of esters is 2. The van der Waals surface area contributed by atoms with E-state index in [4.69, 9.17) is 21.4 Å². The minimum atomic E-state index is -0.440. The topological polar surface area (TPSA) is 176 Å². The van der Waals surface area contributed by atoms with Crippen molar-refractivity contribution in [1.29, 1.82) is 0 Å². The molecule has 3 rings (SSSR count). The van der Waals surface area contributed by atoms with E-state index in [0.29, 0.717) is 24.7 Å². The van der Waals surface area contributed by atoms with E-state index in [2.05, 4.69) is 35.3 Å². The van der Waals surface area contributed by atoms with Crippen molar-refractivity contribution in [3.8, 4) is 0 Å². The Hall–Kier alpha value is -3.22. The number of alkyl halides is 1. The molecule has 0 saturated heterocycles. The van der Waals surface area contributed by atoms with Crippen molar-refractivity contribution in [2.75, 3.05) is 13.2 Å². The van der Waals surface area contributed by atoms with E-state index in [1.54, 1.807) is 33.2 Å². The van der Waals surface area contributed by atoms with Crippen LogP contribution in [-0.2, 0) is 31.5 Å². The molecule has 0 aliphatic rings. The highest BCUT2D eigenvalue weighted by atomic mass is 35.5. The van der Waals surface area contributed by atoms with E-state index >= 15 is 0 Å². The summed E-state index contributed by atoms with van der Waals surface area (Å²) in [6.45, 7) is 11.2. The fourth-order valence-electron chi connectivity index (χ4n) is 2.23. The van der Waals surface area contributed by atoms with Crippen LogP contribution in [0.5, 0.6) is 0 Å². The number of aromatic amines is 3. The van der Waals surface area contributed by atoms with E-state index in [-0.39, 0.29) is 37.2 Å². The zero-order valence-electron chi connectivity index (χ0n) is 21.9. The van der Waals surface area contributed by atoms with E-state index in [0.717, 1.165) is 28.2 Å². The Labute approximate surface area is 227 Å². The van der Waals surface area contributed by atoms with Gasteiger partial charge in [0.1, 0.15) is 17.8 Å². The summed E-state index contributed by atoms with van der Waals surface area (Å²) in [5.74, 6) is -0.375. The first kappa shape index (κ1) is 35.9. The predicted molar refractivity (Wildman–Crippen MR) is 141 cm³/mol. The predicted octanol–water partition coefficient (Wildman–Crippen LogP) is 3.51. The van der Waals surface area contributed by atoms with E-state index in [9.17, 15) is 14.4 Å². The van der Waals surface area contributed by atoms with Crippen LogP contribution in [0, 0.1) is 20.8 Å². The minimum absolute atomic E-state index is 0. The first-order valence-corrected chi connectivity index (χ1v) is 11.6. The number of Topliss-reactive ketones (excluding diaryl/α,β-unsaturated/α-hetero) is 1. The summed E-state index contributed by atoms with van der Waals surface area (Å²) in [4.78, 5) is 31.7. The smallest absolute Gasteiger partial charge is 0.341 e. The van der Waals surface area contributed by atoms with Crippen molar-refractivity contribution < 1.29 is 29.0 Å². The Morgan fingerprint density at radius 2 is 1.35 bits per heavy atom. The van der Waals surface area contributed by atoms with Crippen LogP contribution >= 0.6 is 24.0 Å². The molecule has 0 aliphatic heterocycles. The third kappa shape index (κ3) is 15.5. The second kappa shape index (κ2) is 20.9. The van der Waals surface area contributed by atoms with Gasteiger partial charge in [0, 0.05) is 28.2 Å². The van der Waals surface area contributed by atoms with Gasteiger partial charge in [-0.1, -0.05) is 0 Å².